The van der Waals surface area contributed by atoms with E-state index in [1.165, 1.54) is 5.56 Å². The van der Waals surface area contributed by atoms with Gasteiger partial charge in [0.15, 0.2) is 5.96 Å². The van der Waals surface area contributed by atoms with E-state index in [0.29, 0.717) is 12.0 Å². The van der Waals surface area contributed by atoms with Gasteiger partial charge in [0.25, 0.3) is 0 Å². The Hall–Kier alpha value is -1.63. The number of aliphatic imine (C=N–C) groups is 1. The summed E-state index contributed by atoms with van der Waals surface area (Å²) in [6.45, 7) is 16.7. The smallest absolute Gasteiger partial charge is 0.191 e. The van der Waals surface area contributed by atoms with Gasteiger partial charge in [-0.2, -0.15) is 0 Å². The summed E-state index contributed by atoms with van der Waals surface area (Å²) in [7, 11) is 2.21. The normalized spacial score (nSPS) is 18.4. The highest BCUT2D eigenvalue weighted by molar-refractivity contribution is 5.79. The molecule has 170 valence electrons. The SMILES string of the molecule is CCNC(=NCC(C(C)C)N1CCN(C)CC1)NCCCOC(C)c1ccccc1. The van der Waals surface area contributed by atoms with Crippen LogP contribution >= 0.6 is 0 Å². The highest BCUT2D eigenvalue weighted by Gasteiger charge is 2.24. The minimum Gasteiger partial charge on any atom is -0.374 e. The van der Waals surface area contributed by atoms with Gasteiger partial charge in [0.2, 0.25) is 0 Å². The fourth-order valence-corrected chi connectivity index (χ4v) is 3.79. The number of guanidine groups is 1. The van der Waals surface area contributed by atoms with Gasteiger partial charge in [-0.05, 0) is 38.8 Å². The van der Waals surface area contributed by atoms with E-state index in [-0.39, 0.29) is 6.10 Å². The van der Waals surface area contributed by atoms with E-state index >= 15 is 0 Å². The number of likely N-dealkylation sites (N-methyl/N-ethyl adjacent to an activating group) is 1. The molecule has 1 saturated heterocycles. The number of nitrogens with one attached hydrogen (secondary N) is 2. The maximum Gasteiger partial charge on any atom is 0.191 e. The van der Waals surface area contributed by atoms with E-state index in [9.17, 15) is 0 Å². The van der Waals surface area contributed by atoms with Gasteiger partial charge in [0.1, 0.15) is 0 Å². The lowest BCUT2D eigenvalue weighted by Gasteiger charge is -2.39. The van der Waals surface area contributed by atoms with Crippen LogP contribution in [0.1, 0.15) is 45.8 Å². The molecule has 2 N–H and O–H groups in total. The van der Waals surface area contributed by atoms with Crippen LogP contribution in [-0.4, -0.2) is 81.3 Å². The van der Waals surface area contributed by atoms with Crippen LogP contribution in [0.25, 0.3) is 0 Å². The molecule has 1 aliphatic rings. The predicted octanol–water partition coefficient (Wildman–Crippen LogP) is 2.98. The van der Waals surface area contributed by atoms with Crippen molar-refractivity contribution in [2.45, 2.75) is 46.3 Å². The number of ether oxygens (including phenoxy) is 1. The van der Waals surface area contributed by atoms with Crippen molar-refractivity contribution < 1.29 is 4.74 Å². The molecule has 1 fully saturated rings. The monoisotopic (exact) mass is 417 g/mol. The Kier molecular flexibility index (Phi) is 11.2. The number of hydrogen-bond donors (Lipinski definition) is 2. The van der Waals surface area contributed by atoms with Gasteiger partial charge in [-0.15, -0.1) is 0 Å². The van der Waals surface area contributed by atoms with Gasteiger partial charge in [-0.1, -0.05) is 44.2 Å². The third kappa shape index (κ3) is 8.62. The van der Waals surface area contributed by atoms with Crippen molar-refractivity contribution in [1.82, 2.24) is 20.4 Å². The summed E-state index contributed by atoms with van der Waals surface area (Å²) in [5.74, 6) is 1.50. The molecular formula is C24H43N5O. The van der Waals surface area contributed by atoms with Crippen LogP contribution in [0.5, 0.6) is 0 Å². The summed E-state index contributed by atoms with van der Waals surface area (Å²) in [6, 6.07) is 10.9. The van der Waals surface area contributed by atoms with Crippen LogP contribution in [0.2, 0.25) is 0 Å². The number of rotatable bonds is 11. The summed E-state index contributed by atoms with van der Waals surface area (Å²) in [4.78, 5) is 9.92. The molecule has 1 aromatic rings. The van der Waals surface area contributed by atoms with Crippen LogP contribution in [0.4, 0.5) is 0 Å². The van der Waals surface area contributed by atoms with E-state index in [2.05, 4.69) is 79.4 Å². The molecule has 6 heteroatoms. The van der Waals surface area contributed by atoms with Gasteiger partial charge in [0.05, 0.1) is 12.6 Å². The first-order valence-electron chi connectivity index (χ1n) is 11.6. The zero-order valence-electron chi connectivity index (χ0n) is 19.7. The first-order chi connectivity index (χ1) is 14.5. The van der Waals surface area contributed by atoms with Crippen LogP contribution in [0, 0.1) is 5.92 Å². The number of piperazine rings is 1. The van der Waals surface area contributed by atoms with Crippen LogP contribution in [-0.2, 0) is 4.74 Å². The fourth-order valence-electron chi connectivity index (χ4n) is 3.79. The molecular weight excluding hydrogens is 374 g/mol. The lowest BCUT2D eigenvalue weighted by atomic mass is 10.0. The van der Waals surface area contributed by atoms with E-state index in [0.717, 1.165) is 64.8 Å². The number of nitrogens with zero attached hydrogens (tertiary/aromatic N) is 3. The topological polar surface area (TPSA) is 52.1 Å². The van der Waals surface area contributed by atoms with Gasteiger partial charge in [-0.3, -0.25) is 9.89 Å². The van der Waals surface area contributed by atoms with Crippen molar-refractivity contribution in [3.63, 3.8) is 0 Å². The molecule has 1 aromatic carbocycles. The molecule has 1 heterocycles. The molecule has 0 aliphatic carbocycles. The van der Waals surface area contributed by atoms with Crippen molar-refractivity contribution in [1.29, 1.82) is 0 Å². The molecule has 2 atom stereocenters. The minimum absolute atomic E-state index is 0.128. The van der Waals surface area contributed by atoms with E-state index < -0.39 is 0 Å². The van der Waals surface area contributed by atoms with Gasteiger partial charge in [-0.25, -0.2) is 0 Å². The lowest BCUT2D eigenvalue weighted by Crippen LogP contribution is -2.52. The predicted molar refractivity (Wildman–Crippen MR) is 127 cm³/mol. The maximum absolute atomic E-state index is 5.98. The average Bonchev–Trinajstić information content (AvgIpc) is 2.75. The molecule has 0 spiro atoms. The van der Waals surface area contributed by atoms with E-state index in [4.69, 9.17) is 9.73 Å². The molecule has 0 saturated carbocycles. The van der Waals surface area contributed by atoms with Crippen molar-refractivity contribution in [3.05, 3.63) is 35.9 Å². The van der Waals surface area contributed by atoms with Crippen molar-refractivity contribution >= 4 is 5.96 Å². The molecule has 0 aromatic heterocycles. The largest absolute Gasteiger partial charge is 0.374 e. The van der Waals surface area contributed by atoms with E-state index in [1.54, 1.807) is 0 Å². The maximum atomic E-state index is 5.98. The molecule has 2 unspecified atom stereocenters. The van der Waals surface area contributed by atoms with Gasteiger partial charge in [0, 0.05) is 51.9 Å². The van der Waals surface area contributed by atoms with Crippen LogP contribution in [0.3, 0.4) is 0 Å². The average molecular weight is 418 g/mol. The molecule has 6 nitrogen and oxygen atoms in total. The second-order valence-electron chi connectivity index (χ2n) is 8.57. The van der Waals surface area contributed by atoms with Crippen molar-refractivity contribution in [2.75, 3.05) is 59.5 Å². The lowest BCUT2D eigenvalue weighted by molar-refractivity contribution is 0.0646. The molecule has 0 radical (unpaired) electrons. The van der Waals surface area contributed by atoms with Gasteiger partial charge >= 0.3 is 0 Å². The van der Waals surface area contributed by atoms with E-state index in [1.807, 2.05) is 6.07 Å². The Bertz CT molecular complexity index is 599. The second kappa shape index (κ2) is 13.6. The quantitative estimate of drug-likeness (QED) is 0.329. The van der Waals surface area contributed by atoms with Crippen LogP contribution in [0.15, 0.2) is 35.3 Å². The Morgan fingerprint density at radius 2 is 1.77 bits per heavy atom. The molecule has 30 heavy (non-hydrogen) atoms. The van der Waals surface area contributed by atoms with Crippen molar-refractivity contribution in [3.8, 4) is 0 Å². The number of hydrogen-bond acceptors (Lipinski definition) is 4. The Labute approximate surface area is 184 Å². The molecule has 0 bridgehead atoms. The summed E-state index contributed by atoms with van der Waals surface area (Å²) < 4.78 is 5.98. The summed E-state index contributed by atoms with van der Waals surface area (Å²) in [6.07, 6.45) is 1.08. The van der Waals surface area contributed by atoms with Gasteiger partial charge < -0.3 is 20.3 Å². The Morgan fingerprint density at radius 1 is 1.07 bits per heavy atom. The van der Waals surface area contributed by atoms with Crippen molar-refractivity contribution in [2.24, 2.45) is 10.9 Å². The summed E-state index contributed by atoms with van der Waals surface area (Å²) >= 11 is 0. The fraction of sp³-hybridized carbons (Fsp3) is 0.708. The third-order valence-electron chi connectivity index (χ3n) is 5.81. The highest BCUT2D eigenvalue weighted by atomic mass is 16.5. The first kappa shape index (κ1) is 24.6. The highest BCUT2D eigenvalue weighted by Crippen LogP contribution is 2.16. The Balaban J connectivity index is 1.75. The first-order valence-corrected chi connectivity index (χ1v) is 11.6. The third-order valence-corrected chi connectivity index (χ3v) is 5.81. The summed E-state index contributed by atoms with van der Waals surface area (Å²) in [5.41, 5.74) is 1.23. The van der Waals surface area contributed by atoms with Crippen LogP contribution < -0.4 is 10.6 Å². The standard InChI is InChI=1S/C24H43N5O/c1-6-25-24(26-13-10-18-30-21(4)22-11-8-7-9-12-22)27-19-23(20(2)3)29-16-14-28(5)15-17-29/h7-9,11-12,20-21,23H,6,10,13-19H2,1-5H3,(H2,25,26,27). The molecule has 2 rings (SSSR count). The summed E-state index contributed by atoms with van der Waals surface area (Å²) in [5, 5.41) is 6.85. The zero-order chi connectivity index (χ0) is 21.8. The minimum atomic E-state index is 0.128. The zero-order valence-corrected chi connectivity index (χ0v) is 19.7. The molecule has 0 amide bonds. The number of benzene rings is 1. The Morgan fingerprint density at radius 3 is 2.40 bits per heavy atom. The molecule has 1 aliphatic heterocycles. The second-order valence-corrected chi connectivity index (χ2v) is 8.57.